The summed E-state index contributed by atoms with van der Waals surface area (Å²) in [7, 11) is -1.26. The zero-order chi connectivity index (χ0) is 15.0. The first-order valence-electron chi connectivity index (χ1n) is 6.30. The van der Waals surface area contributed by atoms with Gasteiger partial charge in [0.05, 0.1) is 10.9 Å². The Hall–Kier alpha value is -0.850. The maximum absolute atomic E-state index is 14.0. The second kappa shape index (κ2) is 5.50. The van der Waals surface area contributed by atoms with Gasteiger partial charge in [-0.3, -0.25) is 4.79 Å². The number of alkyl halides is 5. The van der Waals surface area contributed by atoms with Crippen molar-refractivity contribution in [3.63, 3.8) is 0 Å². The Balaban J connectivity index is 2.14. The molecule has 0 aromatic rings. The average molecular weight is 313 g/mol. The lowest BCUT2D eigenvalue weighted by molar-refractivity contribution is -0.129. The number of rotatable bonds is 3. The van der Waals surface area contributed by atoms with Gasteiger partial charge < -0.3 is 0 Å². The smallest absolute Gasteiger partial charge is 0.282 e. The minimum absolute atomic E-state index is 0.192. The molecule has 0 aromatic heterocycles. The van der Waals surface area contributed by atoms with E-state index in [1.54, 1.807) is 0 Å². The molecular weight excluding hydrogens is 299 g/mol. The fourth-order valence-electron chi connectivity index (χ4n) is 2.29. The Labute approximate surface area is 116 Å². The van der Waals surface area contributed by atoms with Crippen molar-refractivity contribution in [2.24, 2.45) is 0 Å². The monoisotopic (exact) mass is 313 g/mol. The summed E-state index contributed by atoms with van der Waals surface area (Å²) < 4.78 is 65.3. The molecule has 1 nitrogen and oxygen atoms in total. The number of Topliss-reactive ketones (excluding diaryl/α,β-unsaturated/α-hetero) is 1. The fourth-order valence-corrected chi connectivity index (χ4v) is 4.51. The molecule has 1 aliphatic carbocycles. The van der Waals surface area contributed by atoms with E-state index in [1.165, 1.54) is 0 Å². The molecule has 1 saturated heterocycles. The number of hydrogen-bond acceptors (Lipinski definition) is 1. The number of halogens is 5. The summed E-state index contributed by atoms with van der Waals surface area (Å²) in [5.41, 5.74) is -0.969. The molecule has 20 heavy (non-hydrogen) atoms. The maximum atomic E-state index is 14.0. The highest BCUT2D eigenvalue weighted by atomic mass is 32.2. The van der Waals surface area contributed by atoms with E-state index >= 15 is 0 Å². The molecule has 0 aromatic carbocycles. The minimum Gasteiger partial charge on any atom is -0.282 e. The molecule has 0 spiro atoms. The molecule has 2 rings (SSSR count). The summed E-state index contributed by atoms with van der Waals surface area (Å²) in [5.74, 6) is -0.633. The molecule has 0 saturated carbocycles. The highest BCUT2D eigenvalue weighted by Gasteiger charge is 2.58. The summed E-state index contributed by atoms with van der Waals surface area (Å²) in [6, 6.07) is 0. The van der Waals surface area contributed by atoms with Gasteiger partial charge in [-0.05, 0) is 25.7 Å². The fraction of sp³-hybridized carbons (Fsp3) is 0.615. The predicted molar refractivity (Wildman–Crippen MR) is 67.7 cm³/mol. The predicted octanol–water partition coefficient (Wildman–Crippen LogP) is 3.77. The summed E-state index contributed by atoms with van der Waals surface area (Å²) in [6.07, 6.45) is -2.12. The van der Waals surface area contributed by atoms with Crippen molar-refractivity contribution in [2.45, 2.75) is 37.1 Å². The van der Waals surface area contributed by atoms with Crippen LogP contribution < -0.4 is 0 Å². The van der Waals surface area contributed by atoms with Crippen molar-refractivity contribution in [3.05, 3.63) is 23.3 Å². The minimum atomic E-state index is -4.46. The number of allylic oxidation sites excluding steroid dienone is 4. The number of ketones is 1. The van der Waals surface area contributed by atoms with E-state index in [-0.39, 0.29) is 12.0 Å². The van der Waals surface area contributed by atoms with E-state index in [0.717, 1.165) is 12.2 Å². The zero-order valence-electron chi connectivity index (χ0n) is 10.6. The molecular formula is C13H14F5OS+. The largest absolute Gasteiger partial charge is 0.474 e. The quantitative estimate of drug-likeness (QED) is 0.572. The summed E-state index contributed by atoms with van der Waals surface area (Å²) >= 11 is 0. The van der Waals surface area contributed by atoms with E-state index in [2.05, 4.69) is 0 Å². The molecule has 112 valence electrons. The van der Waals surface area contributed by atoms with Crippen LogP contribution in [-0.4, -0.2) is 28.7 Å². The van der Waals surface area contributed by atoms with Gasteiger partial charge >= 0.3 is 11.4 Å². The normalized spacial score (nSPS) is 21.6. The van der Waals surface area contributed by atoms with Gasteiger partial charge in [-0.1, -0.05) is 12.2 Å². The van der Waals surface area contributed by atoms with Gasteiger partial charge in [0, 0.05) is 11.1 Å². The van der Waals surface area contributed by atoms with Gasteiger partial charge in [0.25, 0.3) is 5.78 Å². The van der Waals surface area contributed by atoms with Crippen LogP contribution in [0.25, 0.3) is 0 Å². The van der Waals surface area contributed by atoms with Crippen LogP contribution in [0.3, 0.4) is 0 Å². The van der Waals surface area contributed by atoms with E-state index in [9.17, 15) is 26.7 Å². The van der Waals surface area contributed by atoms with Crippen molar-refractivity contribution in [2.75, 3.05) is 11.5 Å². The molecule has 0 unspecified atom stereocenters. The first-order chi connectivity index (χ1) is 9.23. The topological polar surface area (TPSA) is 17.1 Å². The summed E-state index contributed by atoms with van der Waals surface area (Å²) in [6.45, 7) is 0. The highest BCUT2D eigenvalue weighted by molar-refractivity contribution is 7.98. The maximum Gasteiger partial charge on any atom is 0.474 e. The van der Waals surface area contributed by atoms with Crippen LogP contribution in [0.15, 0.2) is 23.3 Å². The third-order valence-corrected chi connectivity index (χ3v) is 5.94. The Kier molecular flexibility index (Phi) is 4.27. The van der Waals surface area contributed by atoms with Gasteiger partial charge in [-0.2, -0.15) is 13.2 Å². The SMILES string of the molecule is O=C(C1=CC=C(C(F)(F)F)CC1)C(F)(F)[S+]1CCCC1. The Morgan fingerprint density at radius 3 is 2.05 bits per heavy atom. The molecule has 2 aliphatic rings. The first kappa shape index (κ1) is 15.5. The van der Waals surface area contributed by atoms with Crippen LogP contribution >= 0.6 is 0 Å². The lowest BCUT2D eigenvalue weighted by Crippen LogP contribution is -2.40. The molecule has 0 atom stereocenters. The van der Waals surface area contributed by atoms with Gasteiger partial charge in [0.15, 0.2) is 0 Å². The molecule has 0 N–H and O–H groups in total. The molecule has 1 fully saturated rings. The third kappa shape index (κ3) is 3.07. The molecule has 0 amide bonds. The van der Waals surface area contributed by atoms with E-state index in [1.807, 2.05) is 0 Å². The van der Waals surface area contributed by atoms with Crippen molar-refractivity contribution < 1.29 is 26.7 Å². The van der Waals surface area contributed by atoms with Crippen molar-refractivity contribution in [1.82, 2.24) is 0 Å². The van der Waals surface area contributed by atoms with Crippen LogP contribution in [-0.2, 0) is 15.7 Å². The van der Waals surface area contributed by atoms with Crippen LogP contribution in [0.2, 0.25) is 0 Å². The summed E-state index contributed by atoms with van der Waals surface area (Å²) in [5, 5.41) is -3.42. The van der Waals surface area contributed by atoms with Gasteiger partial charge in [-0.15, -0.1) is 8.78 Å². The van der Waals surface area contributed by atoms with Crippen molar-refractivity contribution >= 4 is 16.7 Å². The zero-order valence-corrected chi connectivity index (χ0v) is 11.4. The lowest BCUT2D eigenvalue weighted by Gasteiger charge is -2.19. The molecule has 7 heteroatoms. The third-order valence-electron chi connectivity index (χ3n) is 3.46. The molecule has 0 radical (unpaired) electrons. The van der Waals surface area contributed by atoms with Gasteiger partial charge in [0.1, 0.15) is 11.5 Å². The highest BCUT2D eigenvalue weighted by Crippen LogP contribution is 2.38. The van der Waals surface area contributed by atoms with E-state index in [4.69, 9.17) is 0 Å². The van der Waals surface area contributed by atoms with Crippen LogP contribution in [0.5, 0.6) is 0 Å². The Morgan fingerprint density at radius 2 is 1.60 bits per heavy atom. The van der Waals surface area contributed by atoms with E-state index < -0.39 is 40.1 Å². The van der Waals surface area contributed by atoms with Gasteiger partial charge in [0.2, 0.25) is 0 Å². The van der Waals surface area contributed by atoms with E-state index in [0.29, 0.717) is 24.3 Å². The van der Waals surface area contributed by atoms with Crippen LogP contribution in [0.4, 0.5) is 22.0 Å². The van der Waals surface area contributed by atoms with Crippen molar-refractivity contribution in [3.8, 4) is 0 Å². The first-order valence-corrected chi connectivity index (χ1v) is 7.86. The average Bonchev–Trinajstić information content (AvgIpc) is 2.91. The molecule has 1 heterocycles. The van der Waals surface area contributed by atoms with Crippen molar-refractivity contribution in [1.29, 1.82) is 0 Å². The summed E-state index contributed by atoms with van der Waals surface area (Å²) in [4.78, 5) is 11.8. The van der Waals surface area contributed by atoms with Crippen LogP contribution in [0, 0.1) is 0 Å². The van der Waals surface area contributed by atoms with Crippen LogP contribution in [0.1, 0.15) is 25.7 Å². The number of carbonyl (C=O) groups is 1. The molecule has 0 bridgehead atoms. The Morgan fingerprint density at radius 1 is 1.00 bits per heavy atom. The second-order valence-corrected chi connectivity index (χ2v) is 7.15. The second-order valence-electron chi connectivity index (χ2n) is 4.84. The number of carbonyl (C=O) groups excluding carboxylic acids is 1. The Bertz CT molecular complexity index is 458. The standard InChI is InChI=1S/C13H14F5OS/c14-12(15,16)10-5-3-9(4-6-10)11(19)13(17,18)20-7-1-2-8-20/h3,5H,1-2,4,6-8H2/q+1. The molecule has 1 aliphatic heterocycles. The number of hydrogen-bond donors (Lipinski definition) is 0. The van der Waals surface area contributed by atoms with Gasteiger partial charge in [-0.25, -0.2) is 0 Å². The lowest BCUT2D eigenvalue weighted by atomic mass is 9.95.